The second kappa shape index (κ2) is 14.2. The number of esters is 1. The van der Waals surface area contributed by atoms with Crippen molar-refractivity contribution in [1.82, 2.24) is 14.7 Å². The first kappa shape index (κ1) is 35.8. The summed E-state index contributed by atoms with van der Waals surface area (Å²) in [7, 11) is 7.46. The molecule has 3 saturated heterocycles. The van der Waals surface area contributed by atoms with Crippen molar-refractivity contribution in [1.29, 1.82) is 0 Å². The molecule has 0 bridgehead atoms. The largest absolute Gasteiger partial charge is 0.463 e. The number of aliphatic hydroxyl groups excluding tert-OH is 1. The van der Waals surface area contributed by atoms with Crippen LogP contribution in [0.25, 0.3) is 0 Å². The Morgan fingerprint density at radius 2 is 1.77 bits per heavy atom. The maximum atomic E-state index is 14.2. The molecule has 43 heavy (non-hydrogen) atoms. The van der Waals surface area contributed by atoms with Crippen molar-refractivity contribution in [2.24, 2.45) is 23.2 Å². The van der Waals surface area contributed by atoms with Gasteiger partial charge in [-0.05, 0) is 79.9 Å². The number of ether oxygens (including phenoxy) is 4. The van der Waals surface area contributed by atoms with Crippen LogP contribution in [0.1, 0.15) is 67.7 Å². The zero-order chi connectivity index (χ0) is 32.4. The van der Waals surface area contributed by atoms with Crippen LogP contribution in [0.5, 0.6) is 0 Å². The molecular weight excluding hydrogens is 554 g/mol. The Balaban J connectivity index is 1.98. The topological polar surface area (TPSA) is 118 Å². The Labute approximate surface area is 258 Å². The fraction of sp³-hybridized carbons (Fsp3) is 0.906. The van der Waals surface area contributed by atoms with E-state index < -0.39 is 41.4 Å². The van der Waals surface area contributed by atoms with Gasteiger partial charge in [0, 0.05) is 51.7 Å². The average molecular weight is 612 g/mol. The van der Waals surface area contributed by atoms with Crippen LogP contribution < -0.4 is 0 Å². The number of aliphatic hydroxyl groups is 1. The van der Waals surface area contributed by atoms with Crippen LogP contribution >= 0.6 is 0 Å². The highest BCUT2D eigenvalue weighted by Gasteiger charge is 2.51. The van der Waals surface area contributed by atoms with Gasteiger partial charge in [-0.15, -0.1) is 0 Å². The molecule has 0 spiro atoms. The van der Waals surface area contributed by atoms with Crippen LogP contribution in [-0.4, -0.2) is 134 Å². The summed E-state index contributed by atoms with van der Waals surface area (Å²) in [6, 6.07) is -0.301. The second-order valence-corrected chi connectivity index (χ2v) is 14.4. The molecule has 0 saturated carbocycles. The van der Waals surface area contributed by atoms with Gasteiger partial charge < -0.3 is 33.9 Å². The number of methoxy groups -OCH3 is 1. The van der Waals surface area contributed by atoms with Gasteiger partial charge in [0.1, 0.15) is 18.1 Å². The minimum Gasteiger partial charge on any atom is -0.463 e. The number of hydrogen-bond donors (Lipinski definition) is 1. The van der Waals surface area contributed by atoms with Crippen LogP contribution in [-0.2, 0) is 33.3 Å². The van der Waals surface area contributed by atoms with Crippen molar-refractivity contribution >= 4 is 17.7 Å². The van der Waals surface area contributed by atoms with Gasteiger partial charge in [-0.3, -0.25) is 19.3 Å². The van der Waals surface area contributed by atoms with Crippen molar-refractivity contribution in [3.8, 4) is 0 Å². The normalized spacial score (nSPS) is 40.5. The number of carbonyl (C=O) groups is 3. The minimum atomic E-state index is -1.45. The third kappa shape index (κ3) is 7.97. The zero-order valence-electron chi connectivity index (χ0n) is 28.3. The maximum absolute atomic E-state index is 14.2. The Kier molecular flexibility index (Phi) is 11.8. The Morgan fingerprint density at radius 3 is 2.33 bits per heavy atom. The van der Waals surface area contributed by atoms with Gasteiger partial charge in [-0.2, -0.15) is 0 Å². The molecule has 0 radical (unpaired) electrons. The lowest BCUT2D eigenvalue weighted by Crippen LogP contribution is -2.59. The molecule has 3 fully saturated rings. The zero-order valence-corrected chi connectivity index (χ0v) is 28.3. The highest BCUT2D eigenvalue weighted by molar-refractivity contribution is 6.04. The van der Waals surface area contributed by atoms with E-state index in [1.807, 2.05) is 44.8 Å². The number of amides is 1. The third-order valence-electron chi connectivity index (χ3n) is 10.1. The van der Waals surface area contributed by atoms with Crippen molar-refractivity contribution < 1.29 is 38.4 Å². The van der Waals surface area contributed by atoms with E-state index >= 15 is 0 Å². The second-order valence-electron chi connectivity index (χ2n) is 14.4. The molecule has 1 amide bonds. The van der Waals surface area contributed by atoms with Crippen LogP contribution in [0.4, 0.5) is 0 Å². The van der Waals surface area contributed by atoms with Gasteiger partial charge in [0.05, 0.1) is 17.8 Å². The quantitative estimate of drug-likeness (QED) is 0.366. The van der Waals surface area contributed by atoms with Gasteiger partial charge in [-0.1, -0.05) is 13.8 Å². The summed E-state index contributed by atoms with van der Waals surface area (Å²) in [4.78, 5) is 45.8. The predicted molar refractivity (Wildman–Crippen MR) is 162 cm³/mol. The van der Waals surface area contributed by atoms with Crippen molar-refractivity contribution in [3.05, 3.63) is 0 Å². The number of rotatable bonds is 5. The molecule has 1 N–H and O–H groups in total. The summed E-state index contributed by atoms with van der Waals surface area (Å²) in [5.74, 6) is -1.41. The maximum Gasteiger partial charge on any atom is 0.319 e. The molecule has 11 nitrogen and oxygen atoms in total. The first-order valence-electron chi connectivity index (χ1n) is 15.8. The molecule has 10 atom stereocenters. The predicted octanol–water partition coefficient (Wildman–Crippen LogP) is 2.19. The summed E-state index contributed by atoms with van der Waals surface area (Å²) in [6.07, 6.45) is -0.898. The lowest BCUT2D eigenvalue weighted by atomic mass is 9.74. The average Bonchev–Trinajstić information content (AvgIpc) is 3.41. The van der Waals surface area contributed by atoms with Crippen molar-refractivity contribution in [3.63, 3.8) is 0 Å². The highest BCUT2D eigenvalue weighted by atomic mass is 16.7. The number of likely N-dealkylation sites (tertiary alicyclic amines) is 1. The molecule has 3 heterocycles. The van der Waals surface area contributed by atoms with Gasteiger partial charge in [0.2, 0.25) is 5.91 Å². The number of nitrogens with zero attached hydrogens (tertiary/aromatic N) is 3. The molecule has 3 aliphatic rings. The van der Waals surface area contributed by atoms with E-state index in [-0.39, 0.29) is 48.3 Å². The molecule has 0 aliphatic carbocycles. The Bertz CT molecular complexity index is 992. The summed E-state index contributed by atoms with van der Waals surface area (Å²) in [5, 5.41) is 11.3. The van der Waals surface area contributed by atoms with Gasteiger partial charge in [0.25, 0.3) is 0 Å². The summed E-state index contributed by atoms with van der Waals surface area (Å²) in [5.41, 5.74) is -2.40. The molecule has 0 unspecified atom stereocenters. The first-order valence-corrected chi connectivity index (χ1v) is 15.8. The van der Waals surface area contributed by atoms with E-state index in [1.165, 1.54) is 0 Å². The van der Waals surface area contributed by atoms with E-state index in [1.54, 1.807) is 34.8 Å². The number of hydrogen-bond acceptors (Lipinski definition) is 10. The van der Waals surface area contributed by atoms with Crippen LogP contribution in [0.2, 0.25) is 0 Å². The lowest BCUT2D eigenvalue weighted by Gasteiger charge is -2.47. The van der Waals surface area contributed by atoms with Gasteiger partial charge >= 0.3 is 5.97 Å². The summed E-state index contributed by atoms with van der Waals surface area (Å²) >= 11 is 0. The van der Waals surface area contributed by atoms with Crippen LogP contribution in [0.15, 0.2) is 0 Å². The molecule has 248 valence electrons. The summed E-state index contributed by atoms with van der Waals surface area (Å²) < 4.78 is 24.8. The van der Waals surface area contributed by atoms with E-state index in [0.717, 1.165) is 6.42 Å². The van der Waals surface area contributed by atoms with Gasteiger partial charge in [-0.25, -0.2) is 0 Å². The number of cyclic esters (lactones) is 1. The molecule has 0 aromatic carbocycles. The summed E-state index contributed by atoms with van der Waals surface area (Å²) in [6.45, 7) is 14.7. The first-order chi connectivity index (χ1) is 19.9. The molecule has 3 rings (SSSR count). The van der Waals surface area contributed by atoms with E-state index in [9.17, 15) is 19.5 Å². The van der Waals surface area contributed by atoms with Crippen molar-refractivity contribution in [2.75, 3.05) is 54.5 Å². The number of Topliss-reactive ketones (excluding diaryl/α,β-unsaturated/α-hetero) is 1. The molecular formula is C32H57N3O8. The van der Waals surface area contributed by atoms with Crippen LogP contribution in [0, 0.1) is 23.2 Å². The molecule has 0 aromatic rings. The lowest BCUT2D eigenvalue weighted by molar-refractivity contribution is -0.295. The van der Waals surface area contributed by atoms with E-state index in [2.05, 4.69) is 11.8 Å². The minimum absolute atomic E-state index is 0.0427. The molecule has 11 heteroatoms. The highest BCUT2D eigenvalue weighted by Crippen LogP contribution is 2.38. The third-order valence-corrected chi connectivity index (χ3v) is 10.1. The standard InChI is InChI=1S/C32H57N3O8/c1-19-15-32(7,40-11)28(43-29-26(37)24(33(8)9)14-20(2)42-29)21(3)27(38)31(5,6)30(39)41-18-25(34(10)16-19)23-12-13-35(17-23)22(4)36/h19-21,23-26,28-29,37H,12-18H2,1-11H3/t19-,20-,21+,23+,24+,25-,26-,28-,29+,32-/m1/s1. The number of likely N-dealkylation sites (N-methyl/N-ethyl adjacent to an activating group) is 2. The van der Waals surface area contributed by atoms with Crippen molar-refractivity contribution in [2.45, 2.75) is 110 Å². The molecule has 3 aliphatic heterocycles. The molecule has 0 aromatic heterocycles. The Hall–Kier alpha value is -1.63. The fourth-order valence-electron chi connectivity index (χ4n) is 7.45. The van der Waals surface area contributed by atoms with Crippen LogP contribution in [0.3, 0.4) is 0 Å². The fourth-order valence-corrected chi connectivity index (χ4v) is 7.45. The smallest absolute Gasteiger partial charge is 0.319 e. The SMILES string of the molecule is CO[C@]1(C)C[C@@H](C)CN(C)[C@@H]([C@H]2CCN(C(C)=O)C2)COC(=O)C(C)(C)C(=O)[C@H](C)[C@H]1O[C@@H]1O[C@H](C)C[C@H](N(C)C)[C@H]1O. The Morgan fingerprint density at radius 1 is 1.12 bits per heavy atom. The van der Waals surface area contributed by atoms with E-state index in [0.29, 0.717) is 32.5 Å². The number of ketones is 1. The monoisotopic (exact) mass is 611 g/mol. The van der Waals surface area contributed by atoms with E-state index in [4.69, 9.17) is 18.9 Å². The van der Waals surface area contributed by atoms with Gasteiger partial charge in [0.15, 0.2) is 12.1 Å². The number of carbonyl (C=O) groups excluding carboxylic acids is 3.